The number of benzene rings is 1. The second kappa shape index (κ2) is 5.69. The van der Waals surface area contributed by atoms with Crippen LogP contribution in [0.2, 0.25) is 5.02 Å². The summed E-state index contributed by atoms with van der Waals surface area (Å²) in [4.78, 5) is 10.9. The van der Waals surface area contributed by atoms with Gasteiger partial charge in [0.15, 0.2) is 0 Å². The number of aliphatic hydroxyl groups is 2. The molecule has 1 aromatic carbocycles. The van der Waals surface area contributed by atoms with Crippen LogP contribution >= 0.6 is 11.6 Å². The average molecular weight is 246 g/mol. The Morgan fingerprint density at radius 3 is 2.75 bits per heavy atom. The number of aromatic carboxylic acids is 1. The van der Waals surface area contributed by atoms with Crippen LogP contribution in [0.4, 0.5) is 5.69 Å². The molecule has 0 spiro atoms. The maximum atomic E-state index is 10.9. The SMILES string of the molecule is O=C(O)c1cccc(Cl)c1NCC(O)CO. The zero-order valence-corrected chi connectivity index (χ0v) is 9.11. The standard InChI is InChI=1S/C10H12ClNO4/c11-8-3-1-2-7(10(15)16)9(8)12-4-6(14)5-13/h1-3,6,12-14H,4-5H2,(H,15,16). The number of carbonyl (C=O) groups is 1. The van der Waals surface area contributed by atoms with Crippen LogP contribution in [0.15, 0.2) is 18.2 Å². The van der Waals surface area contributed by atoms with E-state index < -0.39 is 18.7 Å². The highest BCUT2D eigenvalue weighted by Gasteiger charge is 2.13. The minimum atomic E-state index is -1.11. The molecular formula is C10H12ClNO4. The largest absolute Gasteiger partial charge is 0.478 e. The van der Waals surface area contributed by atoms with Crippen LogP contribution < -0.4 is 5.32 Å². The molecule has 88 valence electrons. The van der Waals surface area contributed by atoms with E-state index in [0.717, 1.165) is 0 Å². The van der Waals surface area contributed by atoms with Crippen molar-refractivity contribution in [2.45, 2.75) is 6.10 Å². The molecule has 4 N–H and O–H groups in total. The first-order valence-electron chi connectivity index (χ1n) is 4.61. The van der Waals surface area contributed by atoms with E-state index in [-0.39, 0.29) is 22.8 Å². The Balaban J connectivity index is 2.88. The molecule has 5 nitrogen and oxygen atoms in total. The summed E-state index contributed by atoms with van der Waals surface area (Å²) in [6.45, 7) is -0.375. The predicted octanol–water partition coefficient (Wildman–Crippen LogP) is 0.803. The Kier molecular flexibility index (Phi) is 4.54. The van der Waals surface area contributed by atoms with Crippen molar-refractivity contribution in [2.75, 3.05) is 18.5 Å². The highest BCUT2D eigenvalue weighted by molar-refractivity contribution is 6.34. The van der Waals surface area contributed by atoms with Gasteiger partial charge in [0.1, 0.15) is 0 Å². The van der Waals surface area contributed by atoms with E-state index in [9.17, 15) is 4.79 Å². The van der Waals surface area contributed by atoms with E-state index in [0.29, 0.717) is 0 Å². The van der Waals surface area contributed by atoms with E-state index in [4.69, 9.17) is 26.9 Å². The third kappa shape index (κ3) is 3.10. The lowest BCUT2D eigenvalue weighted by Crippen LogP contribution is -2.24. The highest BCUT2D eigenvalue weighted by Crippen LogP contribution is 2.25. The van der Waals surface area contributed by atoms with Crippen molar-refractivity contribution in [2.24, 2.45) is 0 Å². The summed E-state index contributed by atoms with van der Waals surface area (Å²) in [7, 11) is 0. The van der Waals surface area contributed by atoms with Crippen molar-refractivity contribution in [1.29, 1.82) is 0 Å². The van der Waals surface area contributed by atoms with Gasteiger partial charge in [0.25, 0.3) is 0 Å². The molecule has 0 amide bonds. The summed E-state index contributed by atoms with van der Waals surface area (Å²) in [5.41, 5.74) is 0.266. The zero-order chi connectivity index (χ0) is 12.1. The smallest absolute Gasteiger partial charge is 0.337 e. The number of nitrogens with one attached hydrogen (secondary N) is 1. The van der Waals surface area contributed by atoms with Crippen LogP contribution in [-0.4, -0.2) is 40.5 Å². The first-order chi connectivity index (χ1) is 7.56. The summed E-state index contributed by atoms with van der Waals surface area (Å²) < 4.78 is 0. The van der Waals surface area contributed by atoms with E-state index in [1.807, 2.05) is 0 Å². The summed E-state index contributed by atoms with van der Waals surface area (Å²) in [5.74, 6) is -1.11. The van der Waals surface area contributed by atoms with Crippen LogP contribution in [-0.2, 0) is 0 Å². The Labute approximate surface area is 97.3 Å². The number of halogens is 1. The van der Waals surface area contributed by atoms with Crippen LogP contribution in [0.25, 0.3) is 0 Å². The van der Waals surface area contributed by atoms with Gasteiger partial charge in [-0.05, 0) is 12.1 Å². The molecule has 1 aromatic rings. The first-order valence-corrected chi connectivity index (χ1v) is 4.98. The molecule has 0 heterocycles. The minimum absolute atomic E-state index is 0.0256. The summed E-state index contributed by atoms with van der Waals surface area (Å²) in [6, 6.07) is 4.48. The van der Waals surface area contributed by atoms with Crippen LogP contribution in [0.1, 0.15) is 10.4 Å². The van der Waals surface area contributed by atoms with Crippen molar-refractivity contribution in [3.05, 3.63) is 28.8 Å². The van der Waals surface area contributed by atoms with E-state index in [2.05, 4.69) is 5.32 Å². The molecule has 0 saturated carbocycles. The fourth-order valence-electron chi connectivity index (χ4n) is 1.17. The Morgan fingerprint density at radius 2 is 2.19 bits per heavy atom. The molecule has 6 heteroatoms. The summed E-state index contributed by atoms with van der Waals surface area (Å²) in [5, 5.41) is 29.6. The third-order valence-corrected chi connectivity index (χ3v) is 2.28. The molecule has 0 saturated heterocycles. The molecule has 0 aliphatic carbocycles. The van der Waals surface area contributed by atoms with Gasteiger partial charge in [-0.3, -0.25) is 0 Å². The lowest BCUT2D eigenvalue weighted by molar-refractivity contribution is 0.0697. The van der Waals surface area contributed by atoms with Crippen molar-refractivity contribution in [3.8, 4) is 0 Å². The number of hydrogen-bond donors (Lipinski definition) is 4. The van der Waals surface area contributed by atoms with Gasteiger partial charge in [0.2, 0.25) is 0 Å². The van der Waals surface area contributed by atoms with E-state index >= 15 is 0 Å². The number of carboxylic acids is 1. The third-order valence-electron chi connectivity index (χ3n) is 1.97. The molecule has 0 aliphatic heterocycles. The number of carboxylic acid groups (broad SMARTS) is 1. The molecule has 0 bridgehead atoms. The van der Waals surface area contributed by atoms with Gasteiger partial charge in [0, 0.05) is 6.54 Å². The van der Waals surface area contributed by atoms with Gasteiger partial charge in [-0.1, -0.05) is 17.7 Å². The molecule has 1 rings (SSSR count). The maximum Gasteiger partial charge on any atom is 0.337 e. The Morgan fingerprint density at radius 1 is 1.50 bits per heavy atom. The van der Waals surface area contributed by atoms with Crippen LogP contribution in [0.3, 0.4) is 0 Å². The normalized spacial score (nSPS) is 12.2. The van der Waals surface area contributed by atoms with Crippen molar-refractivity contribution in [1.82, 2.24) is 0 Å². The number of anilines is 1. The van der Waals surface area contributed by atoms with Crippen LogP contribution in [0, 0.1) is 0 Å². The second-order valence-corrected chi connectivity index (χ2v) is 3.59. The first kappa shape index (κ1) is 12.8. The van der Waals surface area contributed by atoms with Gasteiger partial charge in [0.05, 0.1) is 29.0 Å². The average Bonchev–Trinajstić information content (AvgIpc) is 2.26. The van der Waals surface area contributed by atoms with Gasteiger partial charge in [-0.15, -0.1) is 0 Å². The quantitative estimate of drug-likeness (QED) is 0.616. The van der Waals surface area contributed by atoms with E-state index in [1.54, 1.807) is 6.07 Å². The van der Waals surface area contributed by atoms with Gasteiger partial charge < -0.3 is 20.6 Å². The maximum absolute atomic E-state index is 10.9. The number of rotatable bonds is 5. The molecule has 0 fully saturated rings. The van der Waals surface area contributed by atoms with Crippen molar-refractivity contribution < 1.29 is 20.1 Å². The molecule has 0 aliphatic rings. The van der Waals surface area contributed by atoms with Gasteiger partial charge in [-0.2, -0.15) is 0 Å². The monoisotopic (exact) mass is 245 g/mol. The Hall–Kier alpha value is -1.30. The second-order valence-electron chi connectivity index (χ2n) is 3.18. The lowest BCUT2D eigenvalue weighted by atomic mass is 10.1. The topological polar surface area (TPSA) is 89.8 Å². The Bertz CT molecular complexity index is 383. The minimum Gasteiger partial charge on any atom is -0.478 e. The summed E-state index contributed by atoms with van der Waals surface area (Å²) >= 11 is 5.83. The highest BCUT2D eigenvalue weighted by atomic mass is 35.5. The number of hydrogen-bond acceptors (Lipinski definition) is 4. The molecule has 1 atom stereocenters. The molecule has 0 aromatic heterocycles. The number of aliphatic hydroxyl groups excluding tert-OH is 2. The molecule has 16 heavy (non-hydrogen) atoms. The molecule has 1 unspecified atom stereocenters. The van der Waals surface area contributed by atoms with Crippen molar-refractivity contribution in [3.63, 3.8) is 0 Å². The van der Waals surface area contributed by atoms with E-state index in [1.165, 1.54) is 12.1 Å². The van der Waals surface area contributed by atoms with Crippen molar-refractivity contribution >= 4 is 23.3 Å². The fraction of sp³-hybridized carbons (Fsp3) is 0.300. The van der Waals surface area contributed by atoms with Gasteiger partial charge in [-0.25, -0.2) is 4.79 Å². The van der Waals surface area contributed by atoms with Gasteiger partial charge >= 0.3 is 5.97 Å². The molecular weight excluding hydrogens is 234 g/mol. The molecule has 0 radical (unpaired) electrons. The lowest BCUT2D eigenvalue weighted by Gasteiger charge is -2.13. The fourth-order valence-corrected chi connectivity index (χ4v) is 1.41. The summed E-state index contributed by atoms with van der Waals surface area (Å²) in [6.07, 6.45) is -0.960. The number of para-hydroxylation sites is 1. The van der Waals surface area contributed by atoms with Crippen LogP contribution in [0.5, 0.6) is 0 Å². The zero-order valence-electron chi connectivity index (χ0n) is 8.35. The predicted molar refractivity (Wildman–Crippen MR) is 60.0 cm³/mol.